The number of thiol groups is 1. The van der Waals surface area contributed by atoms with Gasteiger partial charge in [-0.15, -0.1) is 5.10 Å². The fraction of sp³-hybridized carbons (Fsp3) is 0.167. The van der Waals surface area contributed by atoms with E-state index in [2.05, 4.69) is 32.7 Å². The summed E-state index contributed by atoms with van der Waals surface area (Å²) in [5, 5.41) is 6.78. The minimum Gasteiger partial charge on any atom is -0.472 e. The monoisotopic (exact) mass is 341 g/mol. The molecule has 1 amide bonds. The van der Waals surface area contributed by atoms with Gasteiger partial charge in [-0.25, -0.2) is 4.09 Å². The predicted molar refractivity (Wildman–Crippen MR) is 77.5 cm³/mol. The third kappa shape index (κ3) is 4.34. The molecular weight excluding hydrogens is 332 g/mol. The van der Waals surface area contributed by atoms with Gasteiger partial charge in [0.25, 0.3) is 0 Å². The third-order valence-electron chi connectivity index (χ3n) is 2.63. The summed E-state index contributed by atoms with van der Waals surface area (Å²) in [5.41, 5.74) is 8.26. The van der Waals surface area contributed by atoms with E-state index in [0.29, 0.717) is 0 Å². The van der Waals surface area contributed by atoms with E-state index in [4.69, 9.17) is 10.3 Å². The van der Waals surface area contributed by atoms with Crippen molar-refractivity contribution in [2.75, 3.05) is 0 Å². The SMILES string of the molecule is [N-]=[N+]=NC(=O)c1cccc(OC(F)F)c1COc1ccn(S)n1. The molecule has 0 spiro atoms. The normalized spacial score (nSPS) is 10.3. The smallest absolute Gasteiger partial charge is 0.387 e. The highest BCUT2D eigenvalue weighted by Crippen LogP contribution is 2.26. The lowest BCUT2D eigenvalue weighted by Gasteiger charge is -2.13. The van der Waals surface area contributed by atoms with E-state index < -0.39 is 12.5 Å². The Bertz CT molecular complexity index is 761. The summed E-state index contributed by atoms with van der Waals surface area (Å²) in [6, 6.07) is 5.36. The zero-order valence-electron chi connectivity index (χ0n) is 11.3. The van der Waals surface area contributed by atoms with Gasteiger partial charge in [0.15, 0.2) is 0 Å². The summed E-state index contributed by atoms with van der Waals surface area (Å²) in [7, 11) is 0. The Balaban J connectivity index is 2.34. The van der Waals surface area contributed by atoms with Gasteiger partial charge in [-0.1, -0.05) is 12.1 Å². The van der Waals surface area contributed by atoms with Crippen molar-refractivity contribution in [2.24, 2.45) is 5.11 Å². The predicted octanol–water partition coefficient (Wildman–Crippen LogP) is 3.21. The van der Waals surface area contributed by atoms with Gasteiger partial charge in [-0.2, -0.15) is 8.78 Å². The molecule has 1 aromatic carbocycles. The Morgan fingerprint density at radius 2 is 2.26 bits per heavy atom. The molecule has 0 aliphatic rings. The van der Waals surface area contributed by atoms with E-state index in [1.54, 1.807) is 0 Å². The maximum Gasteiger partial charge on any atom is 0.387 e. The molecule has 0 aliphatic heterocycles. The van der Waals surface area contributed by atoms with Crippen molar-refractivity contribution in [3.05, 3.63) is 52.0 Å². The van der Waals surface area contributed by atoms with Crippen LogP contribution in [-0.2, 0) is 6.61 Å². The second kappa shape index (κ2) is 7.47. The molecule has 0 radical (unpaired) electrons. The lowest BCUT2D eigenvalue weighted by molar-refractivity contribution is -0.0509. The van der Waals surface area contributed by atoms with Crippen molar-refractivity contribution in [2.45, 2.75) is 13.2 Å². The summed E-state index contributed by atoms with van der Waals surface area (Å²) < 4.78 is 35.8. The fourth-order valence-electron chi connectivity index (χ4n) is 1.74. The average molecular weight is 341 g/mol. The number of nitrogens with zero attached hydrogens (tertiary/aromatic N) is 5. The Kier molecular flexibility index (Phi) is 5.39. The summed E-state index contributed by atoms with van der Waals surface area (Å²) in [6.45, 7) is -3.38. The largest absolute Gasteiger partial charge is 0.472 e. The van der Waals surface area contributed by atoms with Crippen LogP contribution in [0.2, 0.25) is 0 Å². The Labute approximate surface area is 133 Å². The Morgan fingerprint density at radius 1 is 1.48 bits per heavy atom. The molecule has 0 fully saturated rings. The van der Waals surface area contributed by atoms with Crippen LogP contribution in [0, 0.1) is 0 Å². The van der Waals surface area contributed by atoms with Gasteiger partial charge >= 0.3 is 6.61 Å². The van der Waals surface area contributed by atoms with Crippen LogP contribution in [0.1, 0.15) is 15.9 Å². The molecule has 8 nitrogen and oxygen atoms in total. The molecule has 2 rings (SSSR count). The minimum absolute atomic E-state index is 0.0129. The first-order chi connectivity index (χ1) is 11.0. The van der Waals surface area contributed by atoms with Crippen LogP contribution < -0.4 is 9.47 Å². The van der Waals surface area contributed by atoms with Gasteiger partial charge in [0.05, 0.1) is 0 Å². The number of carbonyl (C=O) groups excluding carboxylic acids is 1. The molecule has 11 heteroatoms. The van der Waals surface area contributed by atoms with E-state index in [0.717, 1.165) is 0 Å². The highest BCUT2D eigenvalue weighted by atomic mass is 32.1. The third-order valence-corrected chi connectivity index (χ3v) is 2.85. The van der Waals surface area contributed by atoms with E-state index in [-0.39, 0.29) is 29.4 Å². The molecule has 1 heterocycles. The first-order valence-electron chi connectivity index (χ1n) is 6.05. The molecule has 0 unspecified atom stereocenters. The fourth-order valence-corrected chi connectivity index (χ4v) is 1.89. The molecule has 0 bridgehead atoms. The molecule has 0 aliphatic carbocycles. The summed E-state index contributed by atoms with van der Waals surface area (Å²) in [5.74, 6) is -1.04. The van der Waals surface area contributed by atoms with Crippen LogP contribution in [0.4, 0.5) is 8.78 Å². The molecule has 0 N–H and O–H groups in total. The van der Waals surface area contributed by atoms with Crippen molar-refractivity contribution < 1.29 is 23.0 Å². The lowest BCUT2D eigenvalue weighted by atomic mass is 10.1. The summed E-state index contributed by atoms with van der Waals surface area (Å²) in [4.78, 5) is 14.2. The van der Waals surface area contributed by atoms with Crippen LogP contribution in [0.5, 0.6) is 11.6 Å². The Hall–Kier alpha value is -2.78. The number of azide groups is 1. The number of carbonyl (C=O) groups is 1. The number of hydrogen-bond donors (Lipinski definition) is 1. The second-order valence-electron chi connectivity index (χ2n) is 4.02. The van der Waals surface area contributed by atoms with E-state index in [1.165, 1.54) is 34.5 Å². The molecule has 120 valence electrons. The number of benzene rings is 1. The standard InChI is InChI=1S/C12H9F2N5O3S/c13-12(14)22-9-3-1-2-7(11(20)16-18-15)8(9)6-21-10-4-5-19(23)17-10/h1-5,12,23H,6H2. The van der Waals surface area contributed by atoms with Crippen LogP contribution in [0.15, 0.2) is 35.6 Å². The van der Waals surface area contributed by atoms with Crippen molar-refractivity contribution >= 4 is 18.7 Å². The average Bonchev–Trinajstić information content (AvgIpc) is 2.91. The van der Waals surface area contributed by atoms with Crippen LogP contribution in [-0.4, -0.2) is 21.7 Å². The number of hydrogen-bond acceptors (Lipinski definition) is 5. The zero-order chi connectivity index (χ0) is 16.8. The van der Waals surface area contributed by atoms with Gasteiger partial charge < -0.3 is 9.47 Å². The van der Waals surface area contributed by atoms with Gasteiger partial charge in [0.2, 0.25) is 11.8 Å². The van der Waals surface area contributed by atoms with Gasteiger partial charge in [-0.05, 0) is 29.5 Å². The Morgan fingerprint density at radius 3 is 2.87 bits per heavy atom. The maximum atomic E-state index is 12.5. The number of aromatic nitrogens is 2. The summed E-state index contributed by atoms with van der Waals surface area (Å²) in [6.07, 6.45) is 1.49. The van der Waals surface area contributed by atoms with Crippen molar-refractivity contribution in [1.82, 2.24) is 9.19 Å². The maximum absolute atomic E-state index is 12.5. The first kappa shape index (κ1) is 16.6. The van der Waals surface area contributed by atoms with E-state index in [9.17, 15) is 13.6 Å². The molecule has 2 aromatic rings. The molecular formula is C12H9F2N5O3S. The van der Waals surface area contributed by atoms with Crippen molar-refractivity contribution in [3.63, 3.8) is 0 Å². The number of rotatable bonds is 6. The van der Waals surface area contributed by atoms with Gasteiger partial charge in [-0.3, -0.25) is 4.79 Å². The number of amides is 1. The molecule has 23 heavy (non-hydrogen) atoms. The highest BCUT2D eigenvalue weighted by molar-refractivity contribution is 7.78. The molecule has 1 aromatic heterocycles. The molecule has 0 saturated carbocycles. The van der Waals surface area contributed by atoms with Crippen LogP contribution >= 0.6 is 12.8 Å². The van der Waals surface area contributed by atoms with Gasteiger partial charge in [0.1, 0.15) is 12.4 Å². The van der Waals surface area contributed by atoms with Crippen molar-refractivity contribution in [1.29, 1.82) is 0 Å². The van der Waals surface area contributed by atoms with Gasteiger partial charge in [0, 0.05) is 28.3 Å². The highest BCUT2D eigenvalue weighted by Gasteiger charge is 2.18. The quantitative estimate of drug-likeness (QED) is 0.377. The number of alkyl halides is 2. The molecule has 0 saturated heterocycles. The van der Waals surface area contributed by atoms with Crippen LogP contribution in [0.3, 0.4) is 0 Å². The van der Waals surface area contributed by atoms with E-state index >= 15 is 0 Å². The second-order valence-corrected chi connectivity index (χ2v) is 4.43. The lowest BCUT2D eigenvalue weighted by Crippen LogP contribution is -2.10. The first-order valence-corrected chi connectivity index (χ1v) is 6.45. The van der Waals surface area contributed by atoms with Crippen LogP contribution in [0.25, 0.3) is 10.4 Å². The minimum atomic E-state index is -3.09. The topological polar surface area (TPSA) is 102 Å². The number of halogens is 2. The van der Waals surface area contributed by atoms with E-state index in [1.807, 2.05) is 0 Å². The summed E-state index contributed by atoms with van der Waals surface area (Å²) >= 11 is 3.92. The zero-order valence-corrected chi connectivity index (χ0v) is 12.2. The molecule has 0 atom stereocenters. The van der Waals surface area contributed by atoms with Crippen molar-refractivity contribution in [3.8, 4) is 11.6 Å². The number of ether oxygens (including phenoxy) is 2.